The Bertz CT molecular complexity index is 407. The van der Waals surface area contributed by atoms with Crippen LogP contribution in [-0.4, -0.2) is 16.8 Å². The largest absolute Gasteiger partial charge is 0.507 e. The van der Waals surface area contributed by atoms with E-state index in [1.165, 1.54) is 18.2 Å². The van der Waals surface area contributed by atoms with Gasteiger partial charge in [0.2, 0.25) is 0 Å². The van der Waals surface area contributed by atoms with Crippen LogP contribution in [0.4, 0.5) is 0 Å². The lowest BCUT2D eigenvalue weighted by molar-refractivity contribution is 0.350. The molecule has 0 radical (unpaired) electrons. The summed E-state index contributed by atoms with van der Waals surface area (Å²) >= 11 is 0. The molecule has 0 heterocycles. The summed E-state index contributed by atoms with van der Waals surface area (Å²) in [6, 6.07) is 6.30. The zero-order valence-corrected chi connectivity index (χ0v) is 6.78. The molecule has 0 saturated carbocycles. The van der Waals surface area contributed by atoms with E-state index in [9.17, 15) is 5.11 Å². The fourth-order valence-corrected chi connectivity index (χ4v) is 0.840. The van der Waals surface area contributed by atoms with Crippen LogP contribution in [0.25, 0.3) is 0 Å². The van der Waals surface area contributed by atoms with Crippen molar-refractivity contribution in [1.82, 2.24) is 0 Å². The molecular weight excluding hydrogens is 166 g/mol. The molecule has 2 N–H and O–H groups in total. The van der Waals surface area contributed by atoms with Gasteiger partial charge in [-0.1, -0.05) is 11.8 Å². The predicted octanol–water partition coefficient (Wildman–Crippen LogP) is 0.608. The van der Waals surface area contributed by atoms with E-state index in [-0.39, 0.29) is 12.4 Å². The first-order chi connectivity index (χ1) is 6.27. The van der Waals surface area contributed by atoms with E-state index in [0.717, 1.165) is 0 Å². The number of benzene rings is 1. The molecule has 0 aliphatic heterocycles. The number of nitriles is 1. The van der Waals surface area contributed by atoms with E-state index in [1.807, 2.05) is 6.07 Å². The summed E-state index contributed by atoms with van der Waals surface area (Å²) in [6.45, 7) is -0.268. The molecule has 0 aliphatic rings. The summed E-state index contributed by atoms with van der Waals surface area (Å²) in [6.07, 6.45) is 0. The third kappa shape index (κ3) is 2.23. The Labute approximate surface area is 75.9 Å². The van der Waals surface area contributed by atoms with E-state index >= 15 is 0 Å². The fourth-order valence-electron chi connectivity index (χ4n) is 0.840. The number of phenolic OH excluding ortho intramolecular Hbond substituents is 1. The van der Waals surface area contributed by atoms with Gasteiger partial charge in [0.1, 0.15) is 12.4 Å². The van der Waals surface area contributed by atoms with Gasteiger partial charge in [-0.2, -0.15) is 5.26 Å². The summed E-state index contributed by atoms with van der Waals surface area (Å²) in [5, 5.41) is 26.2. The van der Waals surface area contributed by atoms with Crippen LogP contribution < -0.4 is 0 Å². The maximum Gasteiger partial charge on any atom is 0.131 e. The Kier molecular flexibility index (Phi) is 2.92. The monoisotopic (exact) mass is 173 g/mol. The minimum atomic E-state index is -0.268. The molecule has 13 heavy (non-hydrogen) atoms. The van der Waals surface area contributed by atoms with Crippen molar-refractivity contribution in [2.45, 2.75) is 0 Å². The second kappa shape index (κ2) is 4.15. The van der Waals surface area contributed by atoms with Gasteiger partial charge >= 0.3 is 0 Å². The van der Waals surface area contributed by atoms with Gasteiger partial charge in [0, 0.05) is 0 Å². The van der Waals surface area contributed by atoms with E-state index in [0.29, 0.717) is 11.1 Å². The van der Waals surface area contributed by atoms with Crippen molar-refractivity contribution in [2.24, 2.45) is 0 Å². The number of aromatic hydroxyl groups is 1. The molecule has 0 amide bonds. The minimum Gasteiger partial charge on any atom is -0.507 e. The standard InChI is InChI=1S/C10H7NO2/c11-7-8-3-4-10(13)9(6-8)2-1-5-12/h3-4,6,12-13H,5H2. The molecule has 0 spiro atoms. The molecule has 0 aromatic heterocycles. The van der Waals surface area contributed by atoms with Gasteiger partial charge in [0.25, 0.3) is 0 Å². The second-order valence-corrected chi connectivity index (χ2v) is 2.30. The van der Waals surface area contributed by atoms with Crippen molar-refractivity contribution in [1.29, 1.82) is 5.26 Å². The lowest BCUT2D eigenvalue weighted by Gasteiger charge is -1.95. The smallest absolute Gasteiger partial charge is 0.131 e. The Morgan fingerprint density at radius 2 is 2.15 bits per heavy atom. The number of nitrogens with zero attached hydrogens (tertiary/aromatic N) is 1. The van der Waals surface area contributed by atoms with Gasteiger partial charge in [-0.15, -0.1) is 0 Å². The van der Waals surface area contributed by atoms with Crippen LogP contribution in [0, 0.1) is 23.2 Å². The molecule has 3 heteroatoms. The number of rotatable bonds is 0. The summed E-state index contributed by atoms with van der Waals surface area (Å²) in [5.74, 6) is 4.94. The van der Waals surface area contributed by atoms with E-state index in [1.54, 1.807) is 0 Å². The predicted molar refractivity (Wildman–Crippen MR) is 46.8 cm³/mol. The molecule has 0 fully saturated rings. The number of hydrogen-bond donors (Lipinski definition) is 2. The van der Waals surface area contributed by atoms with Crippen LogP contribution in [0.15, 0.2) is 18.2 Å². The number of hydrogen-bond acceptors (Lipinski definition) is 3. The van der Waals surface area contributed by atoms with Gasteiger partial charge in [-0.3, -0.25) is 0 Å². The molecule has 1 rings (SSSR count). The molecule has 0 atom stereocenters. The first-order valence-electron chi connectivity index (χ1n) is 3.61. The zero-order valence-electron chi connectivity index (χ0n) is 6.78. The average Bonchev–Trinajstić information content (AvgIpc) is 2.17. The molecule has 0 aliphatic carbocycles. The topological polar surface area (TPSA) is 64.2 Å². The Balaban J connectivity index is 3.13. The fraction of sp³-hybridized carbons (Fsp3) is 0.100. The van der Waals surface area contributed by atoms with Crippen LogP contribution in [-0.2, 0) is 0 Å². The summed E-state index contributed by atoms with van der Waals surface area (Å²) < 4.78 is 0. The molecular formula is C10H7NO2. The quantitative estimate of drug-likeness (QED) is 0.565. The van der Waals surface area contributed by atoms with Crippen LogP contribution in [0.1, 0.15) is 11.1 Å². The van der Waals surface area contributed by atoms with Gasteiger partial charge in [0.15, 0.2) is 0 Å². The normalized spacial score (nSPS) is 8.31. The number of aliphatic hydroxyl groups excluding tert-OH is 1. The van der Waals surface area contributed by atoms with Crippen LogP contribution in [0.3, 0.4) is 0 Å². The molecule has 0 bridgehead atoms. The van der Waals surface area contributed by atoms with Crippen molar-refractivity contribution >= 4 is 0 Å². The second-order valence-electron chi connectivity index (χ2n) is 2.30. The first kappa shape index (κ1) is 9.12. The molecule has 1 aromatic rings. The zero-order chi connectivity index (χ0) is 9.68. The highest BCUT2D eigenvalue weighted by Gasteiger charge is 1.98. The molecule has 1 aromatic carbocycles. The highest BCUT2D eigenvalue weighted by Crippen LogP contribution is 2.16. The van der Waals surface area contributed by atoms with E-state index in [2.05, 4.69) is 11.8 Å². The van der Waals surface area contributed by atoms with E-state index < -0.39 is 0 Å². The summed E-state index contributed by atoms with van der Waals surface area (Å²) in [7, 11) is 0. The molecule has 3 nitrogen and oxygen atoms in total. The Morgan fingerprint density at radius 1 is 1.38 bits per heavy atom. The SMILES string of the molecule is N#Cc1ccc(O)c(C#CCO)c1. The summed E-state index contributed by atoms with van der Waals surface area (Å²) in [5.41, 5.74) is 0.785. The lowest BCUT2D eigenvalue weighted by Crippen LogP contribution is -1.81. The van der Waals surface area contributed by atoms with Crippen LogP contribution in [0.2, 0.25) is 0 Å². The average molecular weight is 173 g/mol. The molecule has 0 saturated heterocycles. The van der Waals surface area contributed by atoms with Gasteiger partial charge < -0.3 is 10.2 Å². The van der Waals surface area contributed by atoms with Crippen molar-refractivity contribution in [2.75, 3.05) is 6.61 Å². The van der Waals surface area contributed by atoms with Crippen molar-refractivity contribution in [3.63, 3.8) is 0 Å². The first-order valence-corrected chi connectivity index (χ1v) is 3.61. The van der Waals surface area contributed by atoms with Crippen LogP contribution in [0.5, 0.6) is 5.75 Å². The molecule has 0 unspecified atom stereocenters. The highest BCUT2D eigenvalue weighted by molar-refractivity contribution is 5.49. The Morgan fingerprint density at radius 3 is 2.77 bits per heavy atom. The number of phenols is 1. The Hall–Kier alpha value is -1.97. The van der Waals surface area contributed by atoms with E-state index in [4.69, 9.17) is 10.4 Å². The van der Waals surface area contributed by atoms with Crippen molar-refractivity contribution in [3.8, 4) is 23.7 Å². The maximum absolute atomic E-state index is 9.26. The third-order valence-corrected chi connectivity index (χ3v) is 1.43. The minimum absolute atomic E-state index is 0.0138. The van der Waals surface area contributed by atoms with Gasteiger partial charge in [-0.05, 0) is 18.2 Å². The number of aliphatic hydroxyl groups is 1. The third-order valence-electron chi connectivity index (χ3n) is 1.43. The van der Waals surface area contributed by atoms with Crippen LogP contribution >= 0.6 is 0 Å². The van der Waals surface area contributed by atoms with Gasteiger partial charge in [-0.25, -0.2) is 0 Å². The maximum atomic E-state index is 9.26. The highest BCUT2D eigenvalue weighted by atomic mass is 16.3. The lowest BCUT2D eigenvalue weighted by atomic mass is 10.1. The molecule has 64 valence electrons. The van der Waals surface area contributed by atoms with Gasteiger partial charge in [0.05, 0.1) is 17.2 Å². The van der Waals surface area contributed by atoms with Crippen molar-refractivity contribution in [3.05, 3.63) is 29.3 Å². The van der Waals surface area contributed by atoms with Crippen molar-refractivity contribution < 1.29 is 10.2 Å². The summed E-state index contributed by atoms with van der Waals surface area (Å²) in [4.78, 5) is 0.